The van der Waals surface area contributed by atoms with E-state index in [4.69, 9.17) is 14.4 Å². The van der Waals surface area contributed by atoms with Gasteiger partial charge in [0.2, 0.25) is 0 Å². The number of rotatable bonds is 3. The normalized spacial score (nSPS) is 11.3. The Morgan fingerprint density at radius 2 is 1.42 bits per heavy atom. The van der Waals surface area contributed by atoms with Crippen LogP contribution in [-0.4, -0.2) is 9.97 Å². The molecule has 6 aromatic rings. The minimum atomic E-state index is 0.700. The molecule has 2 heterocycles. The van der Waals surface area contributed by atoms with Crippen LogP contribution in [0.4, 0.5) is 0 Å². The highest BCUT2D eigenvalue weighted by atomic mass is 79.9. The summed E-state index contributed by atoms with van der Waals surface area (Å²) in [5.41, 5.74) is 7.72. The molecule has 2 aromatic heterocycles. The lowest BCUT2D eigenvalue weighted by atomic mass is 10.0. The third-order valence-electron chi connectivity index (χ3n) is 5.77. The number of halogens is 1. The molecule has 4 aromatic carbocycles. The maximum Gasteiger partial charge on any atom is 0.160 e. The molecule has 4 heteroatoms. The first-order valence-electron chi connectivity index (χ1n) is 10.8. The summed E-state index contributed by atoms with van der Waals surface area (Å²) in [5, 5.41) is 2.16. The van der Waals surface area contributed by atoms with Crippen molar-refractivity contribution >= 4 is 37.9 Å². The van der Waals surface area contributed by atoms with Crippen LogP contribution in [0.25, 0.3) is 55.8 Å². The molecule has 0 N–H and O–H groups in total. The standard InChI is InChI=1S/C29H19BrN2O/c1-18-14-20(16-21(30)15-18)24-17-25(32-29(31-24)19-8-3-2-4-9-19)22-11-7-13-27-28(22)23-10-5-6-12-26(23)33-27/h2-17H,1H3. The molecule has 0 aliphatic carbocycles. The van der Waals surface area contributed by atoms with E-state index in [1.807, 2.05) is 60.7 Å². The van der Waals surface area contributed by atoms with Gasteiger partial charge in [0.1, 0.15) is 11.2 Å². The average molecular weight is 491 g/mol. The van der Waals surface area contributed by atoms with Crippen LogP contribution in [0.1, 0.15) is 5.56 Å². The first kappa shape index (κ1) is 19.9. The van der Waals surface area contributed by atoms with E-state index in [-0.39, 0.29) is 0 Å². The van der Waals surface area contributed by atoms with Crippen LogP contribution in [0.3, 0.4) is 0 Å². The molecule has 0 aliphatic heterocycles. The Balaban J connectivity index is 1.66. The molecule has 0 bridgehead atoms. The average Bonchev–Trinajstić information content (AvgIpc) is 3.22. The van der Waals surface area contributed by atoms with Gasteiger partial charge < -0.3 is 4.42 Å². The third kappa shape index (κ3) is 3.62. The number of furan rings is 1. The Morgan fingerprint density at radius 3 is 2.27 bits per heavy atom. The summed E-state index contributed by atoms with van der Waals surface area (Å²) < 4.78 is 7.16. The summed E-state index contributed by atoms with van der Waals surface area (Å²) in [6.45, 7) is 2.09. The summed E-state index contributed by atoms with van der Waals surface area (Å²) in [5.74, 6) is 0.700. The Labute approximate surface area is 199 Å². The summed E-state index contributed by atoms with van der Waals surface area (Å²) in [6, 6.07) is 32.8. The highest BCUT2D eigenvalue weighted by Gasteiger charge is 2.16. The van der Waals surface area contributed by atoms with Gasteiger partial charge in [0.05, 0.1) is 11.4 Å². The van der Waals surface area contributed by atoms with Crippen molar-refractivity contribution in [2.45, 2.75) is 6.92 Å². The second kappa shape index (κ2) is 7.98. The number of hydrogen-bond donors (Lipinski definition) is 0. The van der Waals surface area contributed by atoms with E-state index in [2.05, 4.69) is 59.3 Å². The van der Waals surface area contributed by atoms with Crippen LogP contribution >= 0.6 is 15.9 Å². The van der Waals surface area contributed by atoms with Gasteiger partial charge >= 0.3 is 0 Å². The fraction of sp³-hybridized carbons (Fsp3) is 0.0345. The van der Waals surface area contributed by atoms with E-state index in [1.54, 1.807) is 0 Å². The highest BCUT2D eigenvalue weighted by Crippen LogP contribution is 2.37. The largest absolute Gasteiger partial charge is 0.456 e. The zero-order valence-electron chi connectivity index (χ0n) is 17.9. The highest BCUT2D eigenvalue weighted by molar-refractivity contribution is 9.10. The van der Waals surface area contributed by atoms with Gasteiger partial charge in [-0.15, -0.1) is 0 Å². The van der Waals surface area contributed by atoms with Crippen molar-refractivity contribution in [2.75, 3.05) is 0 Å². The predicted octanol–water partition coefficient (Wildman–Crippen LogP) is 8.45. The van der Waals surface area contributed by atoms with Crippen molar-refractivity contribution < 1.29 is 4.42 Å². The molecule has 0 radical (unpaired) electrons. The maximum absolute atomic E-state index is 6.13. The van der Waals surface area contributed by atoms with Crippen LogP contribution in [0.5, 0.6) is 0 Å². The van der Waals surface area contributed by atoms with Gasteiger partial charge in [0.15, 0.2) is 5.82 Å². The molecular formula is C29H19BrN2O. The molecule has 3 nitrogen and oxygen atoms in total. The third-order valence-corrected chi connectivity index (χ3v) is 6.23. The van der Waals surface area contributed by atoms with Crippen molar-refractivity contribution in [1.29, 1.82) is 0 Å². The summed E-state index contributed by atoms with van der Waals surface area (Å²) in [6.07, 6.45) is 0. The molecule has 0 unspecified atom stereocenters. The first-order valence-corrected chi connectivity index (χ1v) is 11.6. The van der Waals surface area contributed by atoms with Crippen molar-refractivity contribution in [1.82, 2.24) is 9.97 Å². The fourth-order valence-corrected chi connectivity index (χ4v) is 4.93. The molecule has 33 heavy (non-hydrogen) atoms. The van der Waals surface area contributed by atoms with Crippen LogP contribution in [0.2, 0.25) is 0 Å². The van der Waals surface area contributed by atoms with Crippen molar-refractivity contribution in [3.05, 3.63) is 107 Å². The van der Waals surface area contributed by atoms with Gasteiger partial charge in [-0.25, -0.2) is 9.97 Å². The zero-order chi connectivity index (χ0) is 22.4. The van der Waals surface area contributed by atoms with Gasteiger partial charge in [-0.05, 0) is 48.9 Å². The molecule has 0 atom stereocenters. The van der Waals surface area contributed by atoms with E-state index in [1.165, 1.54) is 5.56 Å². The van der Waals surface area contributed by atoms with E-state index < -0.39 is 0 Å². The summed E-state index contributed by atoms with van der Waals surface area (Å²) in [4.78, 5) is 9.97. The second-order valence-electron chi connectivity index (χ2n) is 8.12. The number of aromatic nitrogens is 2. The molecule has 0 aliphatic rings. The summed E-state index contributed by atoms with van der Waals surface area (Å²) >= 11 is 3.64. The molecule has 0 spiro atoms. The molecule has 158 valence electrons. The molecule has 0 saturated carbocycles. The van der Waals surface area contributed by atoms with Crippen molar-refractivity contribution in [2.24, 2.45) is 0 Å². The zero-order valence-corrected chi connectivity index (χ0v) is 19.5. The van der Waals surface area contributed by atoms with E-state index >= 15 is 0 Å². The second-order valence-corrected chi connectivity index (χ2v) is 9.04. The van der Waals surface area contributed by atoms with Gasteiger partial charge in [0.25, 0.3) is 0 Å². The minimum absolute atomic E-state index is 0.700. The number of para-hydroxylation sites is 1. The van der Waals surface area contributed by atoms with Gasteiger partial charge in [-0.3, -0.25) is 0 Å². The Bertz CT molecular complexity index is 1620. The Morgan fingerprint density at radius 1 is 0.667 bits per heavy atom. The fourth-order valence-electron chi connectivity index (χ4n) is 4.32. The molecule has 0 saturated heterocycles. The number of fused-ring (bicyclic) bond motifs is 3. The van der Waals surface area contributed by atoms with Crippen LogP contribution < -0.4 is 0 Å². The lowest BCUT2D eigenvalue weighted by Gasteiger charge is -2.11. The quantitative estimate of drug-likeness (QED) is 0.249. The number of aryl methyl sites for hydroxylation is 1. The Hall–Kier alpha value is -3.76. The maximum atomic E-state index is 6.13. The van der Waals surface area contributed by atoms with Gasteiger partial charge in [-0.2, -0.15) is 0 Å². The molecule has 0 fully saturated rings. The van der Waals surface area contributed by atoms with E-state index in [0.29, 0.717) is 5.82 Å². The van der Waals surface area contributed by atoms with E-state index in [0.717, 1.165) is 54.5 Å². The number of nitrogens with zero attached hydrogens (tertiary/aromatic N) is 2. The van der Waals surface area contributed by atoms with Crippen molar-refractivity contribution in [3.8, 4) is 33.9 Å². The van der Waals surface area contributed by atoms with Crippen molar-refractivity contribution in [3.63, 3.8) is 0 Å². The van der Waals surface area contributed by atoms with Gasteiger partial charge in [0, 0.05) is 31.9 Å². The number of benzene rings is 4. The summed E-state index contributed by atoms with van der Waals surface area (Å²) in [7, 11) is 0. The first-order chi connectivity index (χ1) is 16.2. The lowest BCUT2D eigenvalue weighted by Crippen LogP contribution is -1.96. The predicted molar refractivity (Wildman–Crippen MR) is 138 cm³/mol. The SMILES string of the molecule is Cc1cc(Br)cc(-c2cc(-c3cccc4oc5ccccc5c34)nc(-c3ccccc3)n2)c1. The van der Waals surface area contributed by atoms with Crippen LogP contribution in [0, 0.1) is 6.92 Å². The number of hydrogen-bond acceptors (Lipinski definition) is 3. The van der Waals surface area contributed by atoms with Crippen LogP contribution in [-0.2, 0) is 0 Å². The van der Waals surface area contributed by atoms with Crippen LogP contribution in [0.15, 0.2) is 106 Å². The molecular weight excluding hydrogens is 472 g/mol. The topological polar surface area (TPSA) is 38.9 Å². The van der Waals surface area contributed by atoms with E-state index in [9.17, 15) is 0 Å². The lowest BCUT2D eigenvalue weighted by molar-refractivity contribution is 0.669. The monoisotopic (exact) mass is 490 g/mol. The smallest absolute Gasteiger partial charge is 0.160 e. The minimum Gasteiger partial charge on any atom is -0.456 e. The van der Waals surface area contributed by atoms with Gasteiger partial charge in [-0.1, -0.05) is 76.6 Å². The molecule has 6 rings (SSSR count). The molecule has 0 amide bonds. The Kier molecular flexibility index (Phi) is 4.81.